The molecule has 0 aromatic carbocycles. The predicted octanol–water partition coefficient (Wildman–Crippen LogP) is -1.19. The zero-order valence-corrected chi connectivity index (χ0v) is 6.69. The van der Waals surface area contributed by atoms with Crippen molar-refractivity contribution in [3.63, 3.8) is 0 Å². The Morgan fingerprint density at radius 1 is 1.00 bits per heavy atom. The quantitative estimate of drug-likeness (QED) is 0.437. The molecule has 23 valence electrons. The summed E-state index contributed by atoms with van der Waals surface area (Å²) in [6.07, 6.45) is 0. The Bertz CT molecular complexity index is 8.00. The molecule has 0 aliphatic rings. The maximum absolute atomic E-state index is 0. The van der Waals surface area contributed by atoms with E-state index in [1.54, 1.807) is 0 Å². The summed E-state index contributed by atoms with van der Waals surface area (Å²) in [7, 11) is 0. The van der Waals surface area contributed by atoms with Crippen LogP contribution < -0.4 is 0 Å². The van der Waals surface area contributed by atoms with E-state index in [1.165, 1.54) is 0 Å². The molecule has 0 saturated carbocycles. The molecule has 0 rings (SSSR count). The van der Waals surface area contributed by atoms with Crippen LogP contribution in [0.25, 0.3) is 0 Å². The van der Waals surface area contributed by atoms with Crippen molar-refractivity contribution in [1.29, 1.82) is 0 Å². The summed E-state index contributed by atoms with van der Waals surface area (Å²) >= 11 is 0. The van der Waals surface area contributed by atoms with Crippen LogP contribution in [0.4, 0.5) is 0 Å². The third kappa shape index (κ3) is 8.89. The van der Waals surface area contributed by atoms with Gasteiger partial charge in [-0.05, 0) is 0 Å². The van der Waals surface area contributed by atoms with E-state index in [0.29, 0.717) is 0 Å². The fraction of sp³-hybridized carbons (Fsp3) is 0. The Hall–Kier alpha value is 2.19. The van der Waals surface area contributed by atoms with Crippen LogP contribution in [-0.2, 0) is 53.6 Å². The van der Waals surface area contributed by atoms with Gasteiger partial charge in [-0.1, -0.05) is 0 Å². The van der Waals surface area contributed by atoms with Crippen LogP contribution >= 0.6 is 0 Å². The molecule has 0 amide bonds. The average molecular weight is 206 g/mol. The largest absolute Gasteiger partial charge is 0.187 e. The summed E-state index contributed by atoms with van der Waals surface area (Å²) < 4.78 is 0. The molecule has 0 heterocycles. The van der Waals surface area contributed by atoms with E-state index in [1.807, 2.05) is 0 Å². The van der Waals surface area contributed by atoms with Gasteiger partial charge in [0.25, 0.3) is 0 Å². The normalized spacial score (nSPS) is 0. The fourth-order valence-electron chi connectivity index (χ4n) is 0. The minimum absolute atomic E-state index is 0. The SMILES string of the molecule is [AlH3].[Fe].[Mn].[Zn]. The zero-order chi connectivity index (χ0) is 0. The third-order valence-electron chi connectivity index (χ3n) is 0. The average Bonchev–Trinajstić information content (AvgIpc) is 0. The molecule has 1 radical (unpaired) electrons. The molecule has 0 unspecified atom stereocenters. The van der Waals surface area contributed by atoms with Crippen molar-refractivity contribution in [1.82, 2.24) is 0 Å². The van der Waals surface area contributed by atoms with Crippen molar-refractivity contribution in [2.45, 2.75) is 0 Å². The van der Waals surface area contributed by atoms with Crippen LogP contribution in [0.15, 0.2) is 0 Å². The van der Waals surface area contributed by atoms with Crippen LogP contribution in [0.3, 0.4) is 0 Å². The minimum Gasteiger partial charge on any atom is 0 e. The molecule has 0 aliphatic carbocycles. The molecule has 0 N–H and O–H groups in total. The van der Waals surface area contributed by atoms with Gasteiger partial charge in [0.2, 0.25) is 0 Å². The second-order valence-electron chi connectivity index (χ2n) is 0. The summed E-state index contributed by atoms with van der Waals surface area (Å²) in [4.78, 5) is 0. The molecule has 4 heteroatoms. The maximum Gasteiger partial charge on any atom is 0.187 e. The summed E-state index contributed by atoms with van der Waals surface area (Å²) in [5, 5.41) is 0. The second kappa shape index (κ2) is 19.0. The smallest absolute Gasteiger partial charge is 0 e. The summed E-state index contributed by atoms with van der Waals surface area (Å²) in [5.41, 5.74) is 0. The van der Waals surface area contributed by atoms with Crippen molar-refractivity contribution >= 4 is 17.4 Å². The van der Waals surface area contributed by atoms with Crippen LogP contribution in [0.1, 0.15) is 0 Å². The summed E-state index contributed by atoms with van der Waals surface area (Å²) in [6.45, 7) is 0. The van der Waals surface area contributed by atoms with Gasteiger partial charge in [0.15, 0.2) is 17.4 Å². The first-order valence-electron chi connectivity index (χ1n) is 0. The number of hydrogen-bond donors (Lipinski definition) is 0. The standard InChI is InChI=1S/Al.Fe.Mn.Zn.3H. The Balaban J connectivity index is 0. The first-order chi connectivity index (χ1) is 0. The second-order valence-corrected chi connectivity index (χ2v) is 0. The van der Waals surface area contributed by atoms with Gasteiger partial charge in [0.1, 0.15) is 0 Å². The van der Waals surface area contributed by atoms with E-state index >= 15 is 0 Å². The Morgan fingerprint density at radius 2 is 1.00 bits per heavy atom. The van der Waals surface area contributed by atoms with Gasteiger partial charge in [-0.3, -0.25) is 0 Å². The Kier molecular flexibility index (Phi) is 165. The van der Waals surface area contributed by atoms with Crippen LogP contribution in [0.2, 0.25) is 0 Å². The van der Waals surface area contributed by atoms with Gasteiger partial charge in [-0.25, -0.2) is 0 Å². The molecule has 0 fully saturated rings. The molecule has 0 nitrogen and oxygen atoms in total. The summed E-state index contributed by atoms with van der Waals surface area (Å²) in [6, 6.07) is 0. The topological polar surface area (TPSA) is 0 Å². The van der Waals surface area contributed by atoms with E-state index in [4.69, 9.17) is 0 Å². The van der Waals surface area contributed by atoms with Gasteiger partial charge in [0.05, 0.1) is 0 Å². The molecular formula is H3AlFeMnZn. The van der Waals surface area contributed by atoms with Crippen molar-refractivity contribution in [3.05, 3.63) is 0 Å². The number of rotatable bonds is 0. The molecule has 0 aromatic rings. The van der Waals surface area contributed by atoms with Crippen LogP contribution in [-0.4, -0.2) is 17.4 Å². The van der Waals surface area contributed by atoms with Gasteiger partial charge in [-0.15, -0.1) is 0 Å². The van der Waals surface area contributed by atoms with Crippen molar-refractivity contribution in [2.24, 2.45) is 0 Å². The molecular weight excluding hydrogens is 203 g/mol. The van der Waals surface area contributed by atoms with E-state index < -0.39 is 0 Å². The maximum atomic E-state index is 0. The fourth-order valence-corrected chi connectivity index (χ4v) is 0. The van der Waals surface area contributed by atoms with Gasteiger partial charge >= 0.3 is 0 Å². The number of hydrogen-bond acceptors (Lipinski definition) is 0. The monoisotopic (exact) mass is 205 g/mol. The third-order valence-corrected chi connectivity index (χ3v) is 0. The van der Waals surface area contributed by atoms with E-state index in [2.05, 4.69) is 0 Å². The van der Waals surface area contributed by atoms with Gasteiger partial charge in [0, 0.05) is 53.6 Å². The zero-order valence-electron chi connectivity index (χ0n) is 1.44. The van der Waals surface area contributed by atoms with E-state index in [9.17, 15) is 0 Å². The Labute approximate surface area is 70.3 Å². The molecule has 0 spiro atoms. The molecule has 0 aromatic heterocycles. The molecule has 4 heavy (non-hydrogen) atoms. The molecule has 0 aliphatic heterocycles. The summed E-state index contributed by atoms with van der Waals surface area (Å²) in [5.74, 6) is 0. The first kappa shape index (κ1) is 34.7. The molecule has 0 atom stereocenters. The Morgan fingerprint density at radius 3 is 1.00 bits per heavy atom. The van der Waals surface area contributed by atoms with Gasteiger partial charge < -0.3 is 0 Å². The predicted molar refractivity (Wildman–Crippen MR) is 9.94 cm³/mol. The first-order valence-corrected chi connectivity index (χ1v) is 0. The molecule has 0 bridgehead atoms. The van der Waals surface area contributed by atoms with Gasteiger partial charge in [-0.2, -0.15) is 0 Å². The van der Waals surface area contributed by atoms with Crippen LogP contribution in [0.5, 0.6) is 0 Å². The van der Waals surface area contributed by atoms with Crippen molar-refractivity contribution in [3.8, 4) is 0 Å². The minimum atomic E-state index is 0. The van der Waals surface area contributed by atoms with Crippen molar-refractivity contribution < 1.29 is 53.6 Å². The van der Waals surface area contributed by atoms with E-state index in [0.717, 1.165) is 0 Å². The van der Waals surface area contributed by atoms with Crippen LogP contribution in [0, 0.1) is 0 Å². The molecule has 0 saturated heterocycles. The van der Waals surface area contributed by atoms with E-state index in [-0.39, 0.29) is 71.0 Å². The van der Waals surface area contributed by atoms with Crippen molar-refractivity contribution in [2.75, 3.05) is 0 Å².